The van der Waals surface area contributed by atoms with E-state index in [4.69, 9.17) is 21.3 Å². The Hall–Kier alpha value is -2.77. The summed E-state index contributed by atoms with van der Waals surface area (Å²) in [6.45, 7) is 1.76. The molecule has 4 nitrogen and oxygen atoms in total. The van der Waals surface area contributed by atoms with E-state index in [9.17, 15) is 5.26 Å². The van der Waals surface area contributed by atoms with Gasteiger partial charge in [0.15, 0.2) is 0 Å². The number of nitriles is 1. The van der Waals surface area contributed by atoms with Gasteiger partial charge in [-0.25, -0.2) is 4.98 Å². The first kappa shape index (κ1) is 16.7. The van der Waals surface area contributed by atoms with Gasteiger partial charge in [0.1, 0.15) is 11.6 Å². The van der Waals surface area contributed by atoms with Crippen molar-refractivity contribution < 1.29 is 4.74 Å². The maximum Gasteiger partial charge on any atom is 0.130 e. The summed E-state index contributed by atoms with van der Waals surface area (Å²) >= 11 is 6.07. The third kappa shape index (κ3) is 2.95. The maximum atomic E-state index is 9.54. The molecule has 1 saturated heterocycles. The lowest BCUT2D eigenvalue weighted by atomic mass is 9.97. The van der Waals surface area contributed by atoms with Crippen LogP contribution >= 0.6 is 11.6 Å². The van der Waals surface area contributed by atoms with Gasteiger partial charge in [-0.3, -0.25) is 0 Å². The van der Waals surface area contributed by atoms with Crippen LogP contribution in [0.2, 0.25) is 5.02 Å². The number of hydrogen-bond donors (Lipinski definition) is 0. The quantitative estimate of drug-likeness (QED) is 0.673. The van der Waals surface area contributed by atoms with Crippen molar-refractivity contribution in [2.24, 2.45) is 0 Å². The van der Waals surface area contributed by atoms with E-state index in [0.717, 1.165) is 42.0 Å². The highest BCUT2D eigenvalue weighted by Gasteiger charge is 2.27. The lowest BCUT2D eigenvalue weighted by Gasteiger charge is -2.19. The van der Waals surface area contributed by atoms with Crippen molar-refractivity contribution in [3.63, 3.8) is 0 Å². The Morgan fingerprint density at radius 3 is 2.88 bits per heavy atom. The number of hydrogen-bond acceptors (Lipinski definition) is 4. The molecule has 0 saturated carbocycles. The highest BCUT2D eigenvalue weighted by Crippen LogP contribution is 2.36. The lowest BCUT2D eigenvalue weighted by Crippen LogP contribution is -2.20. The number of benzene rings is 2. The summed E-state index contributed by atoms with van der Waals surface area (Å²) in [4.78, 5) is 7.00. The van der Waals surface area contributed by atoms with E-state index in [1.165, 1.54) is 5.56 Å². The molecule has 0 amide bonds. The number of pyridine rings is 1. The summed E-state index contributed by atoms with van der Waals surface area (Å²) in [7, 11) is 1.71. The van der Waals surface area contributed by atoms with Crippen LogP contribution in [-0.4, -0.2) is 25.2 Å². The van der Waals surface area contributed by atoms with Gasteiger partial charge in [0, 0.05) is 29.4 Å². The number of anilines is 1. The zero-order valence-corrected chi connectivity index (χ0v) is 15.2. The molecule has 26 heavy (non-hydrogen) atoms. The zero-order chi connectivity index (χ0) is 18.1. The number of nitrogens with zero attached hydrogens (tertiary/aromatic N) is 3. The average Bonchev–Trinajstić information content (AvgIpc) is 3.17. The molecule has 0 bridgehead atoms. The second-order valence-corrected chi connectivity index (χ2v) is 6.91. The fourth-order valence-electron chi connectivity index (χ4n) is 3.66. The molecule has 0 aliphatic carbocycles. The predicted molar refractivity (Wildman–Crippen MR) is 104 cm³/mol. The van der Waals surface area contributed by atoms with Crippen molar-refractivity contribution in [3.05, 3.63) is 64.7 Å². The number of rotatable bonds is 3. The van der Waals surface area contributed by atoms with Gasteiger partial charge in [0.2, 0.25) is 0 Å². The first-order valence-electron chi connectivity index (χ1n) is 8.58. The van der Waals surface area contributed by atoms with Gasteiger partial charge < -0.3 is 9.64 Å². The van der Waals surface area contributed by atoms with Crippen molar-refractivity contribution >= 4 is 28.3 Å². The van der Waals surface area contributed by atoms with E-state index in [-0.39, 0.29) is 0 Å². The van der Waals surface area contributed by atoms with Gasteiger partial charge >= 0.3 is 0 Å². The normalized spacial score (nSPS) is 16.7. The second-order valence-electron chi connectivity index (χ2n) is 6.47. The van der Waals surface area contributed by atoms with Crippen LogP contribution in [0, 0.1) is 11.3 Å². The number of aromatic nitrogens is 1. The molecule has 130 valence electrons. The van der Waals surface area contributed by atoms with Crippen molar-refractivity contribution in [3.8, 4) is 11.8 Å². The molecule has 3 aromatic rings. The molecule has 2 heterocycles. The highest BCUT2D eigenvalue weighted by molar-refractivity contribution is 6.31. The Morgan fingerprint density at radius 1 is 1.23 bits per heavy atom. The van der Waals surface area contributed by atoms with Gasteiger partial charge in [-0.2, -0.15) is 5.26 Å². The van der Waals surface area contributed by atoms with E-state index in [2.05, 4.69) is 17.0 Å². The van der Waals surface area contributed by atoms with Gasteiger partial charge in [0.25, 0.3) is 0 Å². The Bertz CT molecular complexity index is 1010. The number of ether oxygens (including phenoxy) is 1. The van der Waals surface area contributed by atoms with Gasteiger partial charge in [0.05, 0.1) is 24.3 Å². The standard InChI is InChI=1S/C21H18ClN3O/c1-26-20-5-3-2-4-17(20)14-8-9-25(13-14)21-10-15(12-23)18-11-16(22)6-7-19(18)24-21/h2-7,10-11,14H,8-9,13H2,1H3. The molecule has 1 atom stereocenters. The van der Waals surface area contributed by atoms with Crippen molar-refractivity contribution in [1.29, 1.82) is 5.26 Å². The minimum Gasteiger partial charge on any atom is -0.496 e. The third-order valence-corrected chi connectivity index (χ3v) is 5.20. The minimum atomic E-state index is 0.388. The molecular formula is C21H18ClN3O. The monoisotopic (exact) mass is 363 g/mol. The molecule has 0 radical (unpaired) electrons. The van der Waals surface area contributed by atoms with Crippen LogP contribution in [-0.2, 0) is 0 Å². The largest absolute Gasteiger partial charge is 0.496 e. The van der Waals surface area contributed by atoms with Crippen LogP contribution in [0.3, 0.4) is 0 Å². The molecule has 2 aromatic carbocycles. The van der Waals surface area contributed by atoms with Crippen LogP contribution in [0.1, 0.15) is 23.5 Å². The fraction of sp³-hybridized carbons (Fsp3) is 0.238. The molecule has 0 spiro atoms. The highest BCUT2D eigenvalue weighted by atomic mass is 35.5. The van der Waals surface area contributed by atoms with Crippen molar-refractivity contribution in [2.45, 2.75) is 12.3 Å². The fourth-order valence-corrected chi connectivity index (χ4v) is 3.84. The molecular weight excluding hydrogens is 346 g/mol. The number of fused-ring (bicyclic) bond motifs is 1. The summed E-state index contributed by atoms with van der Waals surface area (Å²) in [5, 5.41) is 10.9. The van der Waals surface area contributed by atoms with Crippen molar-refractivity contribution in [2.75, 3.05) is 25.1 Å². The van der Waals surface area contributed by atoms with Crippen molar-refractivity contribution in [1.82, 2.24) is 4.98 Å². The van der Waals surface area contributed by atoms with Crippen LogP contribution in [0.5, 0.6) is 5.75 Å². The second kappa shape index (κ2) is 6.86. The summed E-state index contributed by atoms with van der Waals surface area (Å²) in [5.74, 6) is 2.16. The van der Waals surface area contributed by atoms with E-state index < -0.39 is 0 Å². The predicted octanol–water partition coefficient (Wildman–Crippen LogP) is 4.76. The van der Waals surface area contributed by atoms with Crippen LogP contribution < -0.4 is 9.64 Å². The molecule has 1 fully saturated rings. The molecule has 5 heteroatoms. The van der Waals surface area contributed by atoms with Gasteiger partial charge in [-0.1, -0.05) is 29.8 Å². The van der Waals surface area contributed by atoms with Crippen LogP contribution in [0.4, 0.5) is 5.82 Å². The summed E-state index contributed by atoms with van der Waals surface area (Å²) < 4.78 is 5.51. The van der Waals surface area contributed by atoms with E-state index >= 15 is 0 Å². The zero-order valence-electron chi connectivity index (χ0n) is 14.4. The van der Waals surface area contributed by atoms with Crippen LogP contribution in [0.15, 0.2) is 48.5 Å². The summed E-state index contributed by atoms with van der Waals surface area (Å²) in [6.07, 6.45) is 1.03. The Balaban J connectivity index is 1.67. The molecule has 4 rings (SSSR count). The summed E-state index contributed by atoms with van der Waals surface area (Å²) in [6, 6.07) is 17.8. The third-order valence-electron chi connectivity index (χ3n) is 4.97. The SMILES string of the molecule is COc1ccccc1C1CCN(c2cc(C#N)c3cc(Cl)ccc3n2)C1. The molecule has 1 aliphatic heterocycles. The van der Waals surface area contributed by atoms with Gasteiger partial charge in [-0.05, 0) is 42.3 Å². The average molecular weight is 364 g/mol. The Kier molecular flexibility index (Phi) is 4.40. The molecule has 0 N–H and O–H groups in total. The smallest absolute Gasteiger partial charge is 0.130 e. The lowest BCUT2D eigenvalue weighted by molar-refractivity contribution is 0.406. The number of para-hydroxylation sites is 1. The Morgan fingerprint density at radius 2 is 2.08 bits per heavy atom. The number of halogens is 1. The van der Waals surface area contributed by atoms with Gasteiger partial charge in [-0.15, -0.1) is 0 Å². The number of methoxy groups -OCH3 is 1. The molecule has 1 aromatic heterocycles. The van der Waals surface area contributed by atoms with Crippen LogP contribution in [0.25, 0.3) is 10.9 Å². The molecule has 1 unspecified atom stereocenters. The van der Waals surface area contributed by atoms with E-state index in [0.29, 0.717) is 16.5 Å². The van der Waals surface area contributed by atoms with E-state index in [1.54, 1.807) is 13.2 Å². The first-order chi connectivity index (χ1) is 12.7. The minimum absolute atomic E-state index is 0.388. The molecule has 1 aliphatic rings. The van der Waals surface area contributed by atoms with E-state index in [1.807, 2.05) is 36.4 Å². The first-order valence-corrected chi connectivity index (χ1v) is 8.95. The maximum absolute atomic E-state index is 9.54. The Labute approximate surface area is 157 Å². The topological polar surface area (TPSA) is 49.1 Å². The summed E-state index contributed by atoms with van der Waals surface area (Å²) in [5.41, 5.74) is 2.63.